The summed E-state index contributed by atoms with van der Waals surface area (Å²) in [6, 6.07) is 0. The molecule has 2 heterocycles. The second-order valence-electron chi connectivity index (χ2n) is 4.19. The number of aromatic nitrogens is 5. The lowest BCUT2D eigenvalue weighted by Crippen LogP contribution is -2.25. The standard InChI is InChI=1S/C11H13ClN6O/c1-6(2)10-13-3-7(12)9(17-10)11(19)14-4-8-15-5-16-18-8/h3,5-6H,4H2,1-2H3,(H,14,19)(H,15,16,18). The van der Waals surface area contributed by atoms with Crippen LogP contribution in [0.3, 0.4) is 0 Å². The van der Waals surface area contributed by atoms with Crippen molar-refractivity contribution in [2.24, 2.45) is 0 Å². The van der Waals surface area contributed by atoms with Crippen LogP contribution in [-0.2, 0) is 6.54 Å². The second kappa shape index (κ2) is 5.75. The third kappa shape index (κ3) is 3.25. The highest BCUT2D eigenvalue weighted by atomic mass is 35.5. The third-order valence-corrected chi connectivity index (χ3v) is 2.65. The van der Waals surface area contributed by atoms with E-state index in [1.54, 1.807) is 0 Å². The summed E-state index contributed by atoms with van der Waals surface area (Å²) >= 11 is 5.93. The summed E-state index contributed by atoms with van der Waals surface area (Å²) in [7, 11) is 0. The van der Waals surface area contributed by atoms with Crippen LogP contribution in [0.15, 0.2) is 12.5 Å². The average Bonchev–Trinajstić information content (AvgIpc) is 2.89. The van der Waals surface area contributed by atoms with E-state index in [0.29, 0.717) is 11.6 Å². The molecule has 8 heteroatoms. The molecule has 0 fully saturated rings. The van der Waals surface area contributed by atoms with E-state index >= 15 is 0 Å². The summed E-state index contributed by atoms with van der Waals surface area (Å²) < 4.78 is 0. The van der Waals surface area contributed by atoms with Gasteiger partial charge in [0.05, 0.1) is 17.8 Å². The smallest absolute Gasteiger partial charge is 0.271 e. The number of hydrogen-bond acceptors (Lipinski definition) is 5. The topological polar surface area (TPSA) is 96.5 Å². The zero-order chi connectivity index (χ0) is 13.8. The Morgan fingerprint density at radius 2 is 2.26 bits per heavy atom. The molecule has 0 aliphatic rings. The molecule has 0 saturated carbocycles. The van der Waals surface area contributed by atoms with Crippen molar-refractivity contribution in [3.63, 3.8) is 0 Å². The number of rotatable bonds is 4. The number of nitrogens with zero attached hydrogens (tertiary/aromatic N) is 4. The number of hydrogen-bond donors (Lipinski definition) is 2. The Hall–Kier alpha value is -2.02. The highest BCUT2D eigenvalue weighted by Crippen LogP contribution is 2.16. The highest BCUT2D eigenvalue weighted by Gasteiger charge is 2.15. The molecule has 2 rings (SSSR count). The quantitative estimate of drug-likeness (QED) is 0.880. The van der Waals surface area contributed by atoms with E-state index < -0.39 is 0 Å². The van der Waals surface area contributed by atoms with E-state index in [1.165, 1.54) is 12.5 Å². The molecule has 0 aromatic carbocycles. The van der Waals surface area contributed by atoms with Gasteiger partial charge in [-0.2, -0.15) is 5.10 Å². The maximum atomic E-state index is 12.0. The lowest BCUT2D eigenvalue weighted by Gasteiger charge is -2.08. The number of amides is 1. The van der Waals surface area contributed by atoms with Gasteiger partial charge in [0.15, 0.2) is 0 Å². The van der Waals surface area contributed by atoms with Gasteiger partial charge in [-0.05, 0) is 0 Å². The molecule has 0 bridgehead atoms. The summed E-state index contributed by atoms with van der Waals surface area (Å²) in [5.74, 6) is 0.889. The third-order valence-electron chi connectivity index (χ3n) is 2.38. The molecule has 100 valence electrons. The van der Waals surface area contributed by atoms with Crippen LogP contribution < -0.4 is 5.32 Å². The van der Waals surface area contributed by atoms with Gasteiger partial charge in [-0.15, -0.1) is 0 Å². The van der Waals surface area contributed by atoms with Gasteiger partial charge in [0.1, 0.15) is 23.7 Å². The fraction of sp³-hybridized carbons (Fsp3) is 0.364. The fourth-order valence-electron chi connectivity index (χ4n) is 1.38. The number of nitrogens with one attached hydrogen (secondary N) is 2. The van der Waals surface area contributed by atoms with Crippen molar-refractivity contribution in [3.8, 4) is 0 Å². The van der Waals surface area contributed by atoms with Gasteiger partial charge in [-0.1, -0.05) is 25.4 Å². The van der Waals surface area contributed by atoms with Crippen molar-refractivity contribution >= 4 is 17.5 Å². The van der Waals surface area contributed by atoms with Gasteiger partial charge in [0, 0.05) is 5.92 Å². The Kier molecular flexibility index (Phi) is 4.06. The molecule has 19 heavy (non-hydrogen) atoms. The molecule has 1 amide bonds. The first kappa shape index (κ1) is 13.4. The first-order valence-electron chi connectivity index (χ1n) is 5.72. The number of carbonyl (C=O) groups is 1. The highest BCUT2D eigenvalue weighted by molar-refractivity contribution is 6.33. The Morgan fingerprint density at radius 1 is 1.47 bits per heavy atom. The lowest BCUT2D eigenvalue weighted by atomic mass is 10.2. The van der Waals surface area contributed by atoms with Crippen molar-refractivity contribution < 1.29 is 4.79 Å². The van der Waals surface area contributed by atoms with E-state index in [9.17, 15) is 4.79 Å². The molecule has 0 aliphatic heterocycles. The van der Waals surface area contributed by atoms with E-state index in [1.807, 2.05) is 13.8 Å². The van der Waals surface area contributed by atoms with Crippen LogP contribution in [0.2, 0.25) is 5.02 Å². The molecule has 2 aromatic heterocycles. The molecule has 7 nitrogen and oxygen atoms in total. The molecule has 0 aliphatic carbocycles. The van der Waals surface area contributed by atoms with E-state index in [2.05, 4.69) is 30.5 Å². The minimum atomic E-state index is -0.370. The summed E-state index contributed by atoms with van der Waals surface area (Å²) in [5.41, 5.74) is 0.167. The zero-order valence-corrected chi connectivity index (χ0v) is 11.3. The molecule has 0 unspecified atom stereocenters. The molecule has 0 spiro atoms. The van der Waals surface area contributed by atoms with Crippen LogP contribution in [-0.4, -0.2) is 31.1 Å². The maximum absolute atomic E-state index is 12.0. The van der Waals surface area contributed by atoms with Crippen LogP contribution >= 0.6 is 11.6 Å². The van der Waals surface area contributed by atoms with Crippen molar-refractivity contribution in [2.45, 2.75) is 26.3 Å². The number of H-pyrrole nitrogens is 1. The van der Waals surface area contributed by atoms with Crippen LogP contribution in [0.25, 0.3) is 0 Å². The SMILES string of the molecule is CC(C)c1ncc(Cl)c(C(=O)NCc2ncn[nH]2)n1. The van der Waals surface area contributed by atoms with Gasteiger partial charge >= 0.3 is 0 Å². The van der Waals surface area contributed by atoms with Crippen molar-refractivity contribution in [3.05, 3.63) is 34.9 Å². The Morgan fingerprint density at radius 3 is 2.89 bits per heavy atom. The molecular formula is C11H13ClN6O. The summed E-state index contributed by atoms with van der Waals surface area (Å²) in [4.78, 5) is 24.1. The van der Waals surface area contributed by atoms with E-state index in [-0.39, 0.29) is 29.1 Å². The van der Waals surface area contributed by atoms with Crippen LogP contribution in [0.1, 0.15) is 41.9 Å². The first-order valence-corrected chi connectivity index (χ1v) is 6.10. The van der Waals surface area contributed by atoms with Gasteiger partial charge in [-0.25, -0.2) is 15.0 Å². The number of carbonyl (C=O) groups excluding carboxylic acids is 1. The van der Waals surface area contributed by atoms with Crippen LogP contribution in [0, 0.1) is 0 Å². The van der Waals surface area contributed by atoms with Gasteiger partial charge in [0.25, 0.3) is 5.91 Å². The number of halogens is 1. The van der Waals surface area contributed by atoms with Crippen molar-refractivity contribution in [1.82, 2.24) is 30.5 Å². The average molecular weight is 281 g/mol. The lowest BCUT2D eigenvalue weighted by molar-refractivity contribution is 0.0944. The van der Waals surface area contributed by atoms with Gasteiger partial charge in [-0.3, -0.25) is 9.89 Å². The van der Waals surface area contributed by atoms with Crippen molar-refractivity contribution in [1.29, 1.82) is 0 Å². The minimum absolute atomic E-state index is 0.123. The Labute approximate surface area is 114 Å². The van der Waals surface area contributed by atoms with Gasteiger partial charge in [0.2, 0.25) is 0 Å². The number of aromatic amines is 1. The summed E-state index contributed by atoms with van der Waals surface area (Å²) in [5, 5.41) is 9.22. The maximum Gasteiger partial charge on any atom is 0.271 e. The normalized spacial score (nSPS) is 10.7. The Balaban J connectivity index is 2.11. The van der Waals surface area contributed by atoms with Crippen LogP contribution in [0.5, 0.6) is 0 Å². The summed E-state index contributed by atoms with van der Waals surface area (Å²) in [6.45, 7) is 4.12. The Bertz CT molecular complexity index is 569. The predicted octanol–water partition coefficient (Wildman–Crippen LogP) is 1.30. The molecule has 0 atom stereocenters. The predicted molar refractivity (Wildman–Crippen MR) is 68.7 cm³/mol. The zero-order valence-electron chi connectivity index (χ0n) is 10.5. The molecule has 0 radical (unpaired) electrons. The molecule has 2 N–H and O–H groups in total. The van der Waals surface area contributed by atoms with E-state index in [0.717, 1.165) is 0 Å². The first-order chi connectivity index (χ1) is 9.08. The van der Waals surface area contributed by atoms with E-state index in [4.69, 9.17) is 11.6 Å². The molecule has 0 saturated heterocycles. The van der Waals surface area contributed by atoms with Crippen LogP contribution in [0.4, 0.5) is 0 Å². The second-order valence-corrected chi connectivity index (χ2v) is 4.60. The largest absolute Gasteiger partial charge is 0.343 e. The minimum Gasteiger partial charge on any atom is -0.343 e. The summed E-state index contributed by atoms with van der Waals surface area (Å²) in [6.07, 6.45) is 2.81. The molecule has 2 aromatic rings. The monoisotopic (exact) mass is 280 g/mol. The van der Waals surface area contributed by atoms with Gasteiger partial charge < -0.3 is 5.32 Å². The molecular weight excluding hydrogens is 268 g/mol. The fourth-order valence-corrected chi connectivity index (χ4v) is 1.56. The van der Waals surface area contributed by atoms with Crippen molar-refractivity contribution in [2.75, 3.05) is 0 Å².